The summed E-state index contributed by atoms with van der Waals surface area (Å²) in [6.07, 6.45) is 1.81. The number of rotatable bonds is 7. The number of anilines is 1. The van der Waals surface area contributed by atoms with Crippen molar-refractivity contribution in [1.82, 2.24) is 25.1 Å². The summed E-state index contributed by atoms with van der Waals surface area (Å²) in [6.45, 7) is 6.38. The highest BCUT2D eigenvalue weighted by atomic mass is 35.5. The Morgan fingerprint density at radius 2 is 1.90 bits per heavy atom. The molecule has 1 aliphatic rings. The Morgan fingerprint density at radius 3 is 2.62 bits per heavy atom. The number of aromatic nitrogens is 4. The zero-order chi connectivity index (χ0) is 27.8. The minimum atomic E-state index is -0.510. The lowest BCUT2D eigenvalue weighted by atomic mass is 9.99. The van der Waals surface area contributed by atoms with Gasteiger partial charge in [0.2, 0.25) is 0 Å². The third-order valence-corrected chi connectivity index (χ3v) is 7.57. The SMILES string of the molecule is COc1c(OCCN2CCN(c3ccccn3)CC2)cc(F)c2c(-c3ccc(O)c(Cl)c3)nc3[nH]nc(C)c3c12. The number of fused-ring (bicyclic) bond motifs is 3. The summed E-state index contributed by atoms with van der Waals surface area (Å²) in [6, 6.07) is 11.9. The molecule has 2 aromatic carbocycles. The van der Waals surface area contributed by atoms with Crippen molar-refractivity contribution in [3.05, 3.63) is 65.2 Å². The maximum Gasteiger partial charge on any atom is 0.169 e. The summed E-state index contributed by atoms with van der Waals surface area (Å²) >= 11 is 6.18. The van der Waals surface area contributed by atoms with Gasteiger partial charge >= 0.3 is 0 Å². The van der Waals surface area contributed by atoms with Gasteiger partial charge in [0, 0.05) is 61.3 Å². The molecule has 0 saturated carbocycles. The van der Waals surface area contributed by atoms with E-state index < -0.39 is 5.82 Å². The lowest BCUT2D eigenvalue weighted by Gasteiger charge is -2.35. The number of aromatic hydroxyl groups is 1. The monoisotopic (exact) mass is 562 g/mol. The Balaban J connectivity index is 1.30. The first-order valence-electron chi connectivity index (χ1n) is 13.0. The van der Waals surface area contributed by atoms with Crippen LogP contribution in [0.15, 0.2) is 48.7 Å². The third-order valence-electron chi connectivity index (χ3n) is 7.27. The Kier molecular flexibility index (Phi) is 7.03. The van der Waals surface area contributed by atoms with Crippen molar-refractivity contribution in [2.75, 3.05) is 51.3 Å². The first-order valence-corrected chi connectivity index (χ1v) is 13.4. The van der Waals surface area contributed by atoms with Crippen molar-refractivity contribution in [2.24, 2.45) is 0 Å². The Labute approximate surface area is 235 Å². The van der Waals surface area contributed by atoms with E-state index in [0.29, 0.717) is 58.0 Å². The van der Waals surface area contributed by atoms with E-state index in [0.717, 1.165) is 32.0 Å². The van der Waals surface area contributed by atoms with Crippen LogP contribution in [0.3, 0.4) is 0 Å². The minimum Gasteiger partial charge on any atom is -0.506 e. The lowest BCUT2D eigenvalue weighted by molar-refractivity contribution is 0.196. The molecule has 11 heteroatoms. The molecule has 6 rings (SSSR count). The van der Waals surface area contributed by atoms with Crippen LogP contribution in [-0.2, 0) is 0 Å². The maximum absolute atomic E-state index is 15.9. The number of H-pyrrole nitrogens is 1. The highest BCUT2D eigenvalue weighted by Crippen LogP contribution is 2.45. The van der Waals surface area contributed by atoms with Crippen LogP contribution in [0.5, 0.6) is 17.2 Å². The molecule has 1 saturated heterocycles. The maximum atomic E-state index is 15.9. The van der Waals surface area contributed by atoms with Gasteiger partial charge in [-0.2, -0.15) is 5.10 Å². The quantitative estimate of drug-likeness (QED) is 0.280. The van der Waals surface area contributed by atoms with Gasteiger partial charge in [0.1, 0.15) is 24.0 Å². The number of hydrogen-bond donors (Lipinski definition) is 2. The molecule has 0 atom stereocenters. The fourth-order valence-corrected chi connectivity index (χ4v) is 5.43. The van der Waals surface area contributed by atoms with Gasteiger partial charge in [-0.25, -0.2) is 14.4 Å². The van der Waals surface area contributed by atoms with Gasteiger partial charge < -0.3 is 19.5 Å². The normalized spacial score (nSPS) is 14.2. The molecule has 9 nitrogen and oxygen atoms in total. The first-order chi connectivity index (χ1) is 19.4. The number of pyridine rings is 2. The molecule has 0 radical (unpaired) electrons. The highest BCUT2D eigenvalue weighted by molar-refractivity contribution is 6.32. The second kappa shape index (κ2) is 10.8. The number of hydrogen-bond acceptors (Lipinski definition) is 8. The Hall–Kier alpha value is -4.15. The Bertz CT molecular complexity index is 1690. The predicted octanol–water partition coefficient (Wildman–Crippen LogP) is 5.19. The van der Waals surface area contributed by atoms with Gasteiger partial charge in [0.05, 0.1) is 28.9 Å². The van der Waals surface area contributed by atoms with E-state index in [-0.39, 0.29) is 16.2 Å². The summed E-state index contributed by atoms with van der Waals surface area (Å²) in [5.74, 6) is 1.12. The van der Waals surface area contributed by atoms with Crippen LogP contribution in [0.2, 0.25) is 5.02 Å². The van der Waals surface area contributed by atoms with E-state index in [1.807, 2.05) is 31.3 Å². The molecule has 206 valence electrons. The van der Waals surface area contributed by atoms with E-state index in [9.17, 15) is 5.11 Å². The summed E-state index contributed by atoms with van der Waals surface area (Å²) in [7, 11) is 1.54. The van der Waals surface area contributed by atoms with Crippen molar-refractivity contribution < 1.29 is 19.0 Å². The van der Waals surface area contributed by atoms with Gasteiger partial charge in [-0.15, -0.1) is 0 Å². The molecule has 2 N–H and O–H groups in total. The van der Waals surface area contributed by atoms with Crippen LogP contribution in [0.25, 0.3) is 33.1 Å². The number of aromatic amines is 1. The van der Waals surface area contributed by atoms with Gasteiger partial charge in [0.25, 0.3) is 0 Å². The van der Waals surface area contributed by atoms with Crippen LogP contribution in [-0.4, -0.2) is 76.6 Å². The largest absolute Gasteiger partial charge is 0.506 e. The summed E-state index contributed by atoms with van der Waals surface area (Å²) in [5.41, 5.74) is 2.02. The van der Waals surface area contributed by atoms with E-state index in [1.54, 1.807) is 12.1 Å². The van der Waals surface area contributed by atoms with Crippen molar-refractivity contribution in [3.8, 4) is 28.5 Å². The number of benzene rings is 2. The van der Waals surface area contributed by atoms with Crippen molar-refractivity contribution in [2.45, 2.75) is 6.92 Å². The minimum absolute atomic E-state index is 0.0694. The Morgan fingerprint density at radius 1 is 1.07 bits per heavy atom. The highest BCUT2D eigenvalue weighted by Gasteiger charge is 2.25. The molecule has 0 spiro atoms. The number of nitrogens with zero attached hydrogens (tertiary/aromatic N) is 5. The van der Waals surface area contributed by atoms with E-state index in [4.69, 9.17) is 21.1 Å². The number of phenolic OH excluding ortho intramolecular Hbond substituents is 1. The number of phenols is 1. The topological polar surface area (TPSA) is 99.6 Å². The van der Waals surface area contributed by atoms with Crippen LogP contribution in [0, 0.1) is 12.7 Å². The molecule has 0 aliphatic carbocycles. The molecule has 40 heavy (non-hydrogen) atoms. The number of halogens is 2. The van der Waals surface area contributed by atoms with Crippen LogP contribution >= 0.6 is 11.6 Å². The summed E-state index contributed by atoms with van der Waals surface area (Å²) in [4.78, 5) is 13.7. The average Bonchev–Trinajstić information content (AvgIpc) is 3.35. The molecule has 1 fully saturated rings. The number of nitrogens with one attached hydrogen (secondary N) is 1. The zero-order valence-corrected chi connectivity index (χ0v) is 22.9. The standard InChI is InChI=1S/C29H28ClFN6O3/c1-17-24-26-25(27(33-29(24)35-34-17)18-6-7-21(38)19(30)15-18)20(31)16-22(28(26)39-2)40-14-13-36-9-11-37(12-10-36)23-5-3-4-8-32-23/h3-8,15-16,38H,9-14H2,1-2H3,(H,33,34,35). The van der Waals surface area contributed by atoms with Crippen LogP contribution in [0.4, 0.5) is 10.2 Å². The van der Waals surface area contributed by atoms with E-state index in [2.05, 4.69) is 30.0 Å². The third kappa shape index (κ3) is 4.73. The molecule has 0 unspecified atom stereocenters. The number of piperazine rings is 1. The molecule has 0 bridgehead atoms. The molecule has 0 amide bonds. The number of aryl methyl sites for hydroxylation is 1. The van der Waals surface area contributed by atoms with Gasteiger partial charge in [-0.05, 0) is 37.3 Å². The van der Waals surface area contributed by atoms with Gasteiger partial charge in [0.15, 0.2) is 17.1 Å². The van der Waals surface area contributed by atoms with Crippen molar-refractivity contribution >= 4 is 39.2 Å². The van der Waals surface area contributed by atoms with Crippen LogP contribution < -0.4 is 14.4 Å². The second-order valence-corrected chi connectivity index (χ2v) is 10.1. The fourth-order valence-electron chi connectivity index (χ4n) is 5.25. The molecule has 4 heterocycles. The number of ether oxygens (including phenoxy) is 2. The lowest BCUT2D eigenvalue weighted by Crippen LogP contribution is -2.47. The number of methoxy groups -OCH3 is 1. The van der Waals surface area contributed by atoms with Crippen molar-refractivity contribution in [1.29, 1.82) is 0 Å². The molecule has 5 aromatic rings. The first kappa shape index (κ1) is 26.1. The average molecular weight is 563 g/mol. The molecular formula is C29H28ClFN6O3. The van der Waals surface area contributed by atoms with Gasteiger partial charge in [-0.3, -0.25) is 10.00 Å². The van der Waals surface area contributed by atoms with Crippen LogP contribution in [0.1, 0.15) is 5.69 Å². The predicted molar refractivity (Wildman–Crippen MR) is 153 cm³/mol. The van der Waals surface area contributed by atoms with E-state index >= 15 is 4.39 Å². The second-order valence-electron chi connectivity index (χ2n) is 9.66. The van der Waals surface area contributed by atoms with Crippen molar-refractivity contribution in [3.63, 3.8) is 0 Å². The fraction of sp³-hybridized carbons (Fsp3) is 0.276. The van der Waals surface area contributed by atoms with E-state index in [1.165, 1.54) is 19.2 Å². The summed E-state index contributed by atoms with van der Waals surface area (Å²) in [5, 5.41) is 18.7. The summed E-state index contributed by atoms with van der Waals surface area (Å²) < 4.78 is 27.9. The molecular weight excluding hydrogens is 535 g/mol. The zero-order valence-electron chi connectivity index (χ0n) is 22.1. The molecule has 1 aliphatic heterocycles. The smallest absolute Gasteiger partial charge is 0.169 e. The molecule has 3 aromatic heterocycles. The van der Waals surface area contributed by atoms with Gasteiger partial charge in [-0.1, -0.05) is 17.7 Å².